The van der Waals surface area contributed by atoms with Gasteiger partial charge in [-0.05, 0) is 101 Å². The van der Waals surface area contributed by atoms with Gasteiger partial charge in [0.15, 0.2) is 0 Å². The number of aryl methyl sites for hydroxylation is 2. The maximum absolute atomic E-state index is 13.1. The molecule has 1 aliphatic carbocycles. The third kappa shape index (κ3) is 10.6. The Bertz CT molecular complexity index is 1370. The second-order valence-electron chi connectivity index (χ2n) is 13.2. The zero-order chi connectivity index (χ0) is 33.2. The first-order chi connectivity index (χ1) is 21.3. The van der Waals surface area contributed by atoms with Gasteiger partial charge in [-0.2, -0.15) is 0 Å². The molecule has 1 aliphatic heterocycles. The quantitative estimate of drug-likeness (QED) is 0.262. The number of piperidine rings is 1. The van der Waals surface area contributed by atoms with Crippen LogP contribution in [-0.2, 0) is 17.6 Å². The molecule has 0 atom stereocenters. The number of carboxylic acid groups (broad SMARTS) is 1. The Morgan fingerprint density at radius 2 is 1.53 bits per heavy atom. The van der Waals surface area contributed by atoms with Crippen molar-refractivity contribution in [1.82, 2.24) is 4.98 Å². The Kier molecular flexibility index (Phi) is 13.0. The molecular weight excluding hydrogens is 567 g/mol. The Balaban J connectivity index is 0.000000719. The zero-order valence-corrected chi connectivity index (χ0v) is 28.4. The molecule has 3 aromatic rings. The van der Waals surface area contributed by atoms with E-state index >= 15 is 0 Å². The van der Waals surface area contributed by atoms with E-state index in [2.05, 4.69) is 17.0 Å². The zero-order valence-electron chi connectivity index (χ0n) is 28.4. The van der Waals surface area contributed by atoms with E-state index in [9.17, 15) is 14.3 Å². The van der Waals surface area contributed by atoms with Crippen molar-refractivity contribution in [2.45, 2.75) is 105 Å². The molecule has 0 amide bonds. The van der Waals surface area contributed by atoms with Crippen molar-refractivity contribution < 1.29 is 24.1 Å². The highest BCUT2D eigenvalue weighted by atomic mass is 19.1. The summed E-state index contributed by atoms with van der Waals surface area (Å²) in [6.07, 6.45) is 8.17. The van der Waals surface area contributed by atoms with Crippen LogP contribution in [0.4, 0.5) is 10.1 Å². The summed E-state index contributed by atoms with van der Waals surface area (Å²) in [4.78, 5) is 19.2. The summed E-state index contributed by atoms with van der Waals surface area (Å²) in [6, 6.07) is 14.5. The minimum atomic E-state index is -0.830. The van der Waals surface area contributed by atoms with Crippen LogP contribution in [0.3, 0.4) is 0 Å². The van der Waals surface area contributed by atoms with Crippen molar-refractivity contribution in [2.24, 2.45) is 5.41 Å². The van der Waals surface area contributed by atoms with Crippen molar-refractivity contribution in [2.75, 3.05) is 24.6 Å². The highest BCUT2D eigenvalue weighted by Crippen LogP contribution is 2.48. The number of carboxylic acids is 1. The average Bonchev–Trinajstić information content (AvgIpc) is 3.43. The number of aliphatic carboxylic acids is 1. The number of nitrogens with zero attached hydrogens (tertiary/aromatic N) is 2. The first-order valence-corrected chi connectivity index (χ1v) is 16.5. The lowest BCUT2D eigenvalue weighted by Crippen LogP contribution is -2.43. The average molecular weight is 621 g/mol. The SMILES string of the molecule is CC.CC(C)(C)O.Cc1nc(C)c(-c2ccc(OCCc3ccc(F)cc3)cc2)c(N2CCCC3(CCCC3)C2)c1CC(=O)O. The van der Waals surface area contributed by atoms with E-state index in [1.807, 2.05) is 39.8 Å². The van der Waals surface area contributed by atoms with Gasteiger partial charge in [-0.25, -0.2) is 4.39 Å². The fourth-order valence-corrected chi connectivity index (χ4v) is 6.51. The lowest BCUT2D eigenvalue weighted by molar-refractivity contribution is -0.136. The number of hydrogen-bond donors (Lipinski definition) is 2. The summed E-state index contributed by atoms with van der Waals surface area (Å²) in [6.45, 7) is 15.6. The van der Waals surface area contributed by atoms with E-state index in [4.69, 9.17) is 14.8 Å². The summed E-state index contributed by atoms with van der Waals surface area (Å²) in [5, 5.41) is 18.3. The van der Waals surface area contributed by atoms with Crippen molar-refractivity contribution in [3.05, 3.63) is 76.9 Å². The van der Waals surface area contributed by atoms with E-state index in [1.165, 1.54) is 44.2 Å². The standard InChI is InChI=1S/C32H37FN2O3.C4H10O.C2H6/c1-22-28(20-29(36)37)31(35-18-5-17-32(21-35)15-3-4-16-32)30(23(2)34-22)25-8-12-27(13-9-25)38-19-14-24-6-10-26(33)11-7-24;1-4(2,3)5;1-2/h6-13H,3-5,14-21H2,1-2H3,(H,36,37);5H,1-3H3;1-2H3. The van der Waals surface area contributed by atoms with Crippen LogP contribution in [0.5, 0.6) is 5.75 Å². The molecule has 1 saturated heterocycles. The van der Waals surface area contributed by atoms with Gasteiger partial charge in [0.2, 0.25) is 0 Å². The Morgan fingerprint density at radius 1 is 0.956 bits per heavy atom. The Labute approximate surface area is 269 Å². The molecule has 5 rings (SSSR count). The number of halogens is 1. The van der Waals surface area contributed by atoms with Crippen LogP contribution in [0.25, 0.3) is 11.1 Å². The van der Waals surface area contributed by atoms with Gasteiger partial charge in [-0.15, -0.1) is 0 Å². The number of anilines is 1. The molecule has 0 bridgehead atoms. The van der Waals surface area contributed by atoms with Gasteiger partial charge in [-0.1, -0.05) is 51.0 Å². The van der Waals surface area contributed by atoms with Gasteiger partial charge in [-0.3, -0.25) is 9.78 Å². The van der Waals surface area contributed by atoms with Crippen LogP contribution in [0.15, 0.2) is 48.5 Å². The summed E-state index contributed by atoms with van der Waals surface area (Å²) in [7, 11) is 0. The highest BCUT2D eigenvalue weighted by Gasteiger charge is 2.39. The molecular formula is C38H53FN2O4. The van der Waals surface area contributed by atoms with E-state index < -0.39 is 11.6 Å². The molecule has 0 unspecified atom stereocenters. The van der Waals surface area contributed by atoms with Gasteiger partial charge >= 0.3 is 5.97 Å². The van der Waals surface area contributed by atoms with E-state index in [-0.39, 0.29) is 12.2 Å². The van der Waals surface area contributed by atoms with Crippen molar-refractivity contribution in [3.63, 3.8) is 0 Å². The molecule has 2 aromatic carbocycles. The number of aliphatic hydroxyl groups is 1. The molecule has 45 heavy (non-hydrogen) atoms. The number of ether oxygens (including phenoxy) is 1. The van der Waals surface area contributed by atoms with E-state index in [0.29, 0.717) is 18.4 Å². The van der Waals surface area contributed by atoms with Crippen LogP contribution in [-0.4, -0.2) is 46.5 Å². The van der Waals surface area contributed by atoms with Crippen LogP contribution in [0.2, 0.25) is 0 Å². The van der Waals surface area contributed by atoms with Gasteiger partial charge in [0.05, 0.1) is 24.3 Å². The smallest absolute Gasteiger partial charge is 0.307 e. The number of pyridine rings is 1. The van der Waals surface area contributed by atoms with Crippen LogP contribution in [0.1, 0.15) is 95.7 Å². The molecule has 1 saturated carbocycles. The summed E-state index contributed by atoms with van der Waals surface area (Å²) < 4.78 is 19.1. The van der Waals surface area contributed by atoms with Gasteiger partial charge in [0, 0.05) is 42.0 Å². The topological polar surface area (TPSA) is 82.9 Å². The summed E-state index contributed by atoms with van der Waals surface area (Å²) in [5.74, 6) is -0.299. The second kappa shape index (κ2) is 16.2. The minimum absolute atomic E-state index is 0.0322. The normalized spacial score (nSPS) is 15.5. The van der Waals surface area contributed by atoms with Crippen molar-refractivity contribution in [3.8, 4) is 16.9 Å². The van der Waals surface area contributed by atoms with Crippen molar-refractivity contribution >= 4 is 11.7 Å². The minimum Gasteiger partial charge on any atom is -0.493 e. The van der Waals surface area contributed by atoms with Gasteiger partial charge in [0.1, 0.15) is 11.6 Å². The fourth-order valence-electron chi connectivity index (χ4n) is 6.51. The first kappa shape index (κ1) is 36.0. The molecule has 1 spiro atoms. The monoisotopic (exact) mass is 620 g/mol. The summed E-state index contributed by atoms with van der Waals surface area (Å²) in [5.41, 5.74) is 6.53. The summed E-state index contributed by atoms with van der Waals surface area (Å²) >= 11 is 0. The van der Waals surface area contributed by atoms with Crippen LogP contribution >= 0.6 is 0 Å². The predicted molar refractivity (Wildman–Crippen MR) is 182 cm³/mol. The highest BCUT2D eigenvalue weighted by molar-refractivity contribution is 5.86. The molecule has 2 aliphatic rings. The van der Waals surface area contributed by atoms with Gasteiger partial charge in [0.25, 0.3) is 0 Å². The molecule has 0 radical (unpaired) electrons. The predicted octanol–water partition coefficient (Wildman–Crippen LogP) is 8.72. The molecule has 6 nitrogen and oxygen atoms in total. The van der Waals surface area contributed by atoms with Gasteiger partial charge < -0.3 is 19.8 Å². The lowest BCUT2D eigenvalue weighted by Gasteiger charge is -2.43. The molecule has 7 heteroatoms. The Hall–Kier alpha value is -3.45. The Morgan fingerprint density at radius 3 is 2.11 bits per heavy atom. The molecule has 246 valence electrons. The largest absolute Gasteiger partial charge is 0.493 e. The molecule has 2 fully saturated rings. The molecule has 2 heterocycles. The number of benzene rings is 2. The van der Waals surface area contributed by atoms with Crippen LogP contribution < -0.4 is 9.64 Å². The molecule has 1 aromatic heterocycles. The van der Waals surface area contributed by atoms with Crippen molar-refractivity contribution in [1.29, 1.82) is 0 Å². The number of carbonyl (C=O) groups is 1. The third-order valence-corrected chi connectivity index (χ3v) is 8.34. The number of hydrogen-bond acceptors (Lipinski definition) is 5. The maximum Gasteiger partial charge on any atom is 0.307 e. The molecule has 2 N–H and O–H groups in total. The van der Waals surface area contributed by atoms with E-state index in [0.717, 1.165) is 64.6 Å². The first-order valence-electron chi connectivity index (χ1n) is 16.5. The maximum atomic E-state index is 13.1. The third-order valence-electron chi connectivity index (χ3n) is 8.34. The number of aromatic nitrogens is 1. The fraction of sp³-hybridized carbons (Fsp3) is 0.526. The van der Waals surface area contributed by atoms with E-state index in [1.54, 1.807) is 32.9 Å². The number of rotatable bonds is 8. The second-order valence-corrected chi connectivity index (χ2v) is 13.2. The lowest BCUT2D eigenvalue weighted by atomic mass is 9.78. The van der Waals surface area contributed by atoms with Crippen LogP contribution in [0, 0.1) is 25.1 Å².